The summed E-state index contributed by atoms with van der Waals surface area (Å²) in [5.74, 6) is 0.858. The van der Waals surface area contributed by atoms with Gasteiger partial charge in [0.2, 0.25) is 0 Å². The normalized spacial score (nSPS) is 41.2. The van der Waals surface area contributed by atoms with E-state index in [-0.39, 0.29) is 0 Å². The van der Waals surface area contributed by atoms with Crippen LogP contribution in [0.2, 0.25) is 0 Å². The Labute approximate surface area is 77.9 Å². The summed E-state index contributed by atoms with van der Waals surface area (Å²) in [6.07, 6.45) is 3.13. The van der Waals surface area contributed by atoms with E-state index >= 15 is 0 Å². The maximum absolute atomic E-state index is 11.0. The van der Waals surface area contributed by atoms with Gasteiger partial charge in [0.15, 0.2) is 0 Å². The lowest BCUT2D eigenvalue weighted by Crippen LogP contribution is -2.25. The van der Waals surface area contributed by atoms with E-state index < -0.39 is 11.0 Å². The monoisotopic (exact) mass is 189 g/mol. The van der Waals surface area contributed by atoms with E-state index in [4.69, 9.17) is 0 Å². The molecule has 2 aliphatic rings. The molecule has 0 aromatic rings. The van der Waals surface area contributed by atoms with E-state index in [2.05, 4.69) is 11.2 Å². The van der Waals surface area contributed by atoms with Crippen molar-refractivity contribution in [2.45, 2.75) is 27.2 Å². The second-order valence-corrected chi connectivity index (χ2v) is 5.17. The number of nitrogens with zero attached hydrogens (tertiary/aromatic N) is 1. The zero-order valence-electron chi connectivity index (χ0n) is 8.46. The van der Waals surface area contributed by atoms with Gasteiger partial charge in [-0.3, -0.25) is 0 Å². The molecule has 1 aliphatic heterocycles. The lowest BCUT2D eigenvalue weighted by atomic mass is 10.1. The van der Waals surface area contributed by atoms with Crippen molar-refractivity contribution in [3.8, 4) is 0 Å². The van der Waals surface area contributed by atoms with Crippen LogP contribution < -0.4 is 0 Å². The van der Waals surface area contributed by atoms with Gasteiger partial charge in [0.05, 0.1) is 11.0 Å². The predicted molar refractivity (Wildman–Crippen MR) is 53.2 cm³/mol. The molecule has 1 saturated carbocycles. The topological polar surface area (TPSA) is 20.3 Å². The van der Waals surface area contributed by atoms with Crippen LogP contribution in [-0.4, -0.2) is 27.9 Å². The third-order valence-electron chi connectivity index (χ3n) is 2.86. The lowest BCUT2D eigenvalue weighted by Gasteiger charge is -2.14. The van der Waals surface area contributed by atoms with Crippen molar-refractivity contribution < 1.29 is 4.21 Å². The van der Waals surface area contributed by atoms with Crippen molar-refractivity contribution in [2.75, 3.05) is 19.3 Å². The van der Waals surface area contributed by atoms with Crippen molar-refractivity contribution in [2.24, 2.45) is 11.3 Å². The van der Waals surface area contributed by atoms with Gasteiger partial charge >= 0.3 is 0 Å². The summed E-state index contributed by atoms with van der Waals surface area (Å²) in [6.45, 7) is 8.42. The van der Waals surface area contributed by atoms with Gasteiger partial charge < -0.3 is 0 Å². The van der Waals surface area contributed by atoms with Gasteiger partial charge in [-0.25, -0.2) is 8.51 Å². The van der Waals surface area contributed by atoms with Crippen LogP contribution in [0, 0.1) is 11.3 Å². The van der Waals surface area contributed by atoms with E-state index in [0.29, 0.717) is 5.41 Å². The molecule has 2 fully saturated rings. The first-order valence-corrected chi connectivity index (χ1v) is 6.22. The summed E-state index contributed by atoms with van der Waals surface area (Å²) in [5.41, 5.74) is 0.547. The third-order valence-corrected chi connectivity index (χ3v) is 3.87. The molecule has 2 nitrogen and oxygen atoms in total. The van der Waals surface area contributed by atoms with Crippen LogP contribution in [0.15, 0.2) is 0 Å². The van der Waals surface area contributed by atoms with Gasteiger partial charge in [-0.2, -0.15) is 0 Å². The Balaban J connectivity index is 0.000000336. The second kappa shape index (κ2) is 3.46. The fourth-order valence-corrected chi connectivity index (χ4v) is 2.76. The Morgan fingerprint density at radius 1 is 1.50 bits per heavy atom. The molecule has 1 saturated heterocycles. The van der Waals surface area contributed by atoms with E-state index in [9.17, 15) is 4.21 Å². The SMILES string of the molecule is CC.CS(=O)N1CC2CC2(C)C1. The van der Waals surface area contributed by atoms with Gasteiger partial charge in [0, 0.05) is 19.3 Å². The van der Waals surface area contributed by atoms with Crippen LogP contribution in [0.5, 0.6) is 0 Å². The number of fused-ring (bicyclic) bond motifs is 1. The molecule has 1 heterocycles. The standard InChI is InChI=1S/C7H13NOS.C2H6/c1-7-3-6(7)4-8(5-7)10(2)9;1-2/h6H,3-5H2,1-2H3;1-2H3. The first kappa shape index (κ1) is 10.2. The summed E-state index contributed by atoms with van der Waals surface area (Å²) in [5, 5.41) is 0. The molecule has 0 amide bonds. The minimum absolute atomic E-state index is 0.547. The van der Waals surface area contributed by atoms with Crippen molar-refractivity contribution in [1.29, 1.82) is 0 Å². The Bertz CT molecular complexity index is 195. The zero-order chi connectivity index (χ0) is 9.35. The van der Waals surface area contributed by atoms with Crippen molar-refractivity contribution in [1.82, 2.24) is 4.31 Å². The van der Waals surface area contributed by atoms with Gasteiger partial charge in [-0.1, -0.05) is 20.8 Å². The van der Waals surface area contributed by atoms with E-state index in [1.807, 2.05) is 13.8 Å². The molecule has 2 rings (SSSR count). The van der Waals surface area contributed by atoms with Crippen molar-refractivity contribution in [3.63, 3.8) is 0 Å². The summed E-state index contributed by atoms with van der Waals surface area (Å²) < 4.78 is 13.1. The first-order valence-electron chi connectivity index (χ1n) is 4.70. The molecule has 1 aliphatic carbocycles. The summed E-state index contributed by atoms with van der Waals surface area (Å²) in [7, 11) is -0.724. The fourth-order valence-electron chi connectivity index (χ4n) is 1.89. The Morgan fingerprint density at radius 2 is 2.08 bits per heavy atom. The maximum atomic E-state index is 11.0. The summed E-state index contributed by atoms with van der Waals surface area (Å²) in [6, 6.07) is 0. The van der Waals surface area contributed by atoms with Crippen molar-refractivity contribution >= 4 is 11.0 Å². The number of hydrogen-bond acceptors (Lipinski definition) is 1. The highest BCUT2D eigenvalue weighted by atomic mass is 32.2. The Kier molecular flexibility index (Phi) is 2.94. The largest absolute Gasteiger partial charge is 0.243 e. The van der Waals surface area contributed by atoms with Gasteiger partial charge in [0.25, 0.3) is 0 Å². The molecule has 0 aromatic heterocycles. The quantitative estimate of drug-likeness (QED) is 0.614. The number of hydrogen-bond donors (Lipinski definition) is 0. The van der Waals surface area contributed by atoms with Gasteiger partial charge in [-0.05, 0) is 17.8 Å². The predicted octanol–water partition coefficient (Wildman–Crippen LogP) is 1.65. The summed E-state index contributed by atoms with van der Waals surface area (Å²) in [4.78, 5) is 0. The zero-order valence-corrected chi connectivity index (χ0v) is 9.28. The second-order valence-electron chi connectivity index (χ2n) is 3.80. The smallest absolute Gasteiger partial charge is 0.0911 e. The molecule has 3 unspecified atom stereocenters. The average molecular weight is 189 g/mol. The van der Waals surface area contributed by atoms with Crippen LogP contribution in [0.1, 0.15) is 27.2 Å². The fraction of sp³-hybridized carbons (Fsp3) is 1.00. The van der Waals surface area contributed by atoms with Crippen molar-refractivity contribution in [3.05, 3.63) is 0 Å². The molecule has 0 spiro atoms. The molecule has 0 N–H and O–H groups in total. The Hall–Kier alpha value is 0.110. The van der Waals surface area contributed by atoms with Crippen LogP contribution in [0.3, 0.4) is 0 Å². The van der Waals surface area contributed by atoms with E-state index in [0.717, 1.165) is 19.0 Å². The van der Waals surface area contributed by atoms with Crippen LogP contribution in [0.25, 0.3) is 0 Å². The molecule has 0 radical (unpaired) electrons. The molecule has 3 heteroatoms. The molecule has 0 bridgehead atoms. The highest BCUT2D eigenvalue weighted by Gasteiger charge is 2.56. The number of rotatable bonds is 1. The molecule has 12 heavy (non-hydrogen) atoms. The molecule has 3 atom stereocenters. The lowest BCUT2D eigenvalue weighted by molar-refractivity contribution is 0.446. The molecular formula is C9H19NOS. The van der Waals surface area contributed by atoms with E-state index in [1.165, 1.54) is 6.42 Å². The van der Waals surface area contributed by atoms with E-state index in [1.54, 1.807) is 6.26 Å². The number of piperidine rings is 1. The first-order chi connectivity index (χ1) is 5.62. The minimum atomic E-state index is -0.724. The van der Waals surface area contributed by atoms with Crippen LogP contribution in [0.4, 0.5) is 0 Å². The van der Waals surface area contributed by atoms with Crippen LogP contribution in [-0.2, 0) is 11.0 Å². The third kappa shape index (κ3) is 1.72. The van der Waals surface area contributed by atoms with Gasteiger partial charge in [-0.15, -0.1) is 0 Å². The highest BCUT2D eigenvalue weighted by Crippen LogP contribution is 2.57. The Morgan fingerprint density at radius 3 is 2.33 bits per heavy atom. The summed E-state index contributed by atoms with van der Waals surface area (Å²) >= 11 is 0. The highest BCUT2D eigenvalue weighted by molar-refractivity contribution is 7.81. The molecule has 72 valence electrons. The average Bonchev–Trinajstić information content (AvgIpc) is 2.54. The van der Waals surface area contributed by atoms with Gasteiger partial charge in [0.1, 0.15) is 0 Å². The van der Waals surface area contributed by atoms with Crippen LogP contribution >= 0.6 is 0 Å². The molecule has 0 aromatic carbocycles. The minimum Gasteiger partial charge on any atom is -0.243 e. The molecular weight excluding hydrogens is 170 g/mol. The maximum Gasteiger partial charge on any atom is 0.0911 e.